The summed E-state index contributed by atoms with van der Waals surface area (Å²) in [5, 5.41) is 9.24. The summed E-state index contributed by atoms with van der Waals surface area (Å²) in [5.74, 6) is 0.261. The van der Waals surface area contributed by atoms with Gasteiger partial charge in [-0.3, -0.25) is 9.78 Å². The average molecular weight is 242 g/mol. The molecule has 1 fully saturated rings. The van der Waals surface area contributed by atoms with E-state index in [0.717, 1.165) is 37.2 Å². The second-order valence-electron chi connectivity index (χ2n) is 5.20. The van der Waals surface area contributed by atoms with E-state index in [1.54, 1.807) is 24.5 Å². The number of nitrogens with zero attached hydrogens (tertiary/aromatic N) is 2. The van der Waals surface area contributed by atoms with Crippen LogP contribution in [0.2, 0.25) is 0 Å². The number of nitriles is 1. The van der Waals surface area contributed by atoms with E-state index in [-0.39, 0.29) is 11.7 Å². The van der Waals surface area contributed by atoms with Crippen LogP contribution in [-0.4, -0.2) is 10.8 Å². The first-order chi connectivity index (χ1) is 8.72. The van der Waals surface area contributed by atoms with E-state index in [0.29, 0.717) is 0 Å². The molecule has 1 aliphatic rings. The van der Waals surface area contributed by atoms with Crippen LogP contribution in [0.4, 0.5) is 0 Å². The highest BCUT2D eigenvalue weighted by Gasteiger charge is 2.30. The molecule has 1 heterocycles. The maximum Gasteiger partial charge on any atom is 0.157 e. The normalized spacial score (nSPS) is 25.1. The summed E-state index contributed by atoms with van der Waals surface area (Å²) in [6.07, 6.45) is 7.34. The lowest BCUT2D eigenvalue weighted by atomic mass is 9.77. The third kappa shape index (κ3) is 2.76. The van der Waals surface area contributed by atoms with E-state index in [2.05, 4.69) is 18.0 Å². The minimum absolute atomic E-state index is 0.0685. The van der Waals surface area contributed by atoms with Gasteiger partial charge in [0.05, 0.1) is 6.07 Å². The lowest BCUT2D eigenvalue weighted by Crippen LogP contribution is -2.25. The lowest BCUT2D eigenvalue weighted by molar-refractivity contribution is -0.124. The summed E-state index contributed by atoms with van der Waals surface area (Å²) in [5.41, 5.74) is 0.774. The van der Waals surface area contributed by atoms with Crippen molar-refractivity contribution in [1.29, 1.82) is 5.26 Å². The van der Waals surface area contributed by atoms with Crippen molar-refractivity contribution in [2.75, 3.05) is 0 Å². The van der Waals surface area contributed by atoms with Gasteiger partial charge >= 0.3 is 0 Å². The van der Waals surface area contributed by atoms with Gasteiger partial charge in [-0.05, 0) is 36.5 Å². The molecule has 3 nitrogen and oxygen atoms in total. The van der Waals surface area contributed by atoms with Crippen molar-refractivity contribution in [3.05, 3.63) is 30.1 Å². The summed E-state index contributed by atoms with van der Waals surface area (Å²) in [4.78, 5) is 16.3. The highest BCUT2D eigenvalue weighted by Crippen LogP contribution is 2.32. The second kappa shape index (κ2) is 5.77. The van der Waals surface area contributed by atoms with Crippen molar-refractivity contribution in [3.63, 3.8) is 0 Å². The van der Waals surface area contributed by atoms with E-state index < -0.39 is 5.92 Å². The summed E-state index contributed by atoms with van der Waals surface area (Å²) in [7, 11) is 0. The number of rotatable bonds is 3. The Bertz CT molecular complexity index is 441. The summed E-state index contributed by atoms with van der Waals surface area (Å²) < 4.78 is 0. The van der Waals surface area contributed by atoms with E-state index in [1.165, 1.54) is 0 Å². The number of carbonyl (C=O) groups is 1. The standard InChI is InChI=1S/C15H18N2O/c1-11-2-4-13(5-3-11)15(18)14(10-16)12-6-8-17-9-7-12/h6-9,11,13-14H,2-5H2,1H3. The molecule has 0 bridgehead atoms. The molecular formula is C15H18N2O. The van der Waals surface area contributed by atoms with Gasteiger partial charge < -0.3 is 0 Å². The lowest BCUT2D eigenvalue weighted by Gasteiger charge is -2.26. The zero-order valence-corrected chi connectivity index (χ0v) is 10.7. The predicted molar refractivity (Wildman–Crippen MR) is 68.7 cm³/mol. The molecule has 18 heavy (non-hydrogen) atoms. The Morgan fingerprint density at radius 3 is 2.50 bits per heavy atom. The van der Waals surface area contributed by atoms with Gasteiger partial charge in [0.25, 0.3) is 0 Å². The molecule has 0 saturated heterocycles. The molecule has 1 atom stereocenters. The van der Waals surface area contributed by atoms with Gasteiger partial charge in [-0.2, -0.15) is 5.26 Å². The quantitative estimate of drug-likeness (QED) is 0.818. The summed E-state index contributed by atoms with van der Waals surface area (Å²) >= 11 is 0. The van der Waals surface area contributed by atoms with Crippen molar-refractivity contribution in [2.45, 2.75) is 38.5 Å². The van der Waals surface area contributed by atoms with Gasteiger partial charge in [-0.1, -0.05) is 19.8 Å². The zero-order valence-electron chi connectivity index (χ0n) is 10.7. The average Bonchev–Trinajstić information content (AvgIpc) is 2.41. The predicted octanol–water partition coefficient (Wildman–Crippen LogP) is 3.08. The fourth-order valence-corrected chi connectivity index (χ4v) is 2.64. The number of ketones is 1. The Hall–Kier alpha value is -1.69. The Labute approximate surface area is 108 Å². The molecule has 0 N–H and O–H groups in total. The molecule has 1 aromatic heterocycles. The number of hydrogen-bond donors (Lipinski definition) is 0. The largest absolute Gasteiger partial charge is 0.298 e. The van der Waals surface area contributed by atoms with Crippen LogP contribution >= 0.6 is 0 Å². The molecule has 0 amide bonds. The molecule has 0 spiro atoms. The van der Waals surface area contributed by atoms with E-state index in [9.17, 15) is 10.1 Å². The van der Waals surface area contributed by atoms with Crippen LogP contribution in [0.1, 0.15) is 44.1 Å². The number of aromatic nitrogens is 1. The Morgan fingerprint density at radius 1 is 1.33 bits per heavy atom. The molecule has 0 aromatic carbocycles. The number of carbonyl (C=O) groups excluding carboxylic acids is 1. The Morgan fingerprint density at radius 2 is 1.94 bits per heavy atom. The number of hydrogen-bond acceptors (Lipinski definition) is 3. The maximum atomic E-state index is 12.4. The maximum absolute atomic E-state index is 12.4. The molecular weight excluding hydrogens is 224 g/mol. The van der Waals surface area contributed by atoms with Gasteiger partial charge in [0.15, 0.2) is 5.78 Å². The van der Waals surface area contributed by atoms with Crippen LogP contribution in [0.15, 0.2) is 24.5 Å². The van der Waals surface area contributed by atoms with Gasteiger partial charge in [-0.15, -0.1) is 0 Å². The van der Waals surface area contributed by atoms with Gasteiger partial charge in [-0.25, -0.2) is 0 Å². The Balaban J connectivity index is 2.10. The summed E-state index contributed by atoms with van der Waals surface area (Å²) in [6, 6.07) is 5.67. The highest BCUT2D eigenvalue weighted by atomic mass is 16.1. The van der Waals surface area contributed by atoms with Gasteiger partial charge in [0.2, 0.25) is 0 Å². The molecule has 0 radical (unpaired) electrons. The third-order valence-corrected chi connectivity index (χ3v) is 3.87. The van der Waals surface area contributed by atoms with Crippen LogP contribution in [0.5, 0.6) is 0 Å². The van der Waals surface area contributed by atoms with Crippen molar-refractivity contribution < 1.29 is 4.79 Å². The first-order valence-corrected chi connectivity index (χ1v) is 6.55. The van der Waals surface area contributed by atoms with E-state index in [4.69, 9.17) is 0 Å². The molecule has 1 aromatic rings. The minimum atomic E-state index is -0.619. The SMILES string of the molecule is CC1CCC(C(=O)C(C#N)c2ccncc2)CC1. The van der Waals surface area contributed by atoms with Crippen LogP contribution in [-0.2, 0) is 4.79 Å². The monoisotopic (exact) mass is 242 g/mol. The molecule has 2 rings (SSSR count). The minimum Gasteiger partial charge on any atom is -0.298 e. The summed E-state index contributed by atoms with van der Waals surface area (Å²) in [6.45, 7) is 2.23. The number of pyridine rings is 1. The molecule has 0 aliphatic heterocycles. The first kappa shape index (κ1) is 12.8. The fourth-order valence-electron chi connectivity index (χ4n) is 2.64. The second-order valence-corrected chi connectivity index (χ2v) is 5.20. The molecule has 94 valence electrons. The zero-order chi connectivity index (χ0) is 13.0. The molecule has 1 aliphatic carbocycles. The van der Waals surface area contributed by atoms with E-state index >= 15 is 0 Å². The number of Topliss-reactive ketones (excluding diaryl/α,β-unsaturated/α-hetero) is 1. The van der Waals surface area contributed by atoms with Crippen molar-refractivity contribution >= 4 is 5.78 Å². The highest BCUT2D eigenvalue weighted by molar-refractivity contribution is 5.90. The van der Waals surface area contributed by atoms with Crippen molar-refractivity contribution in [3.8, 4) is 6.07 Å². The first-order valence-electron chi connectivity index (χ1n) is 6.55. The van der Waals surface area contributed by atoms with Crippen molar-refractivity contribution in [1.82, 2.24) is 4.98 Å². The smallest absolute Gasteiger partial charge is 0.157 e. The third-order valence-electron chi connectivity index (χ3n) is 3.87. The fraction of sp³-hybridized carbons (Fsp3) is 0.533. The van der Waals surface area contributed by atoms with Gasteiger partial charge in [0.1, 0.15) is 5.92 Å². The van der Waals surface area contributed by atoms with Crippen LogP contribution in [0.25, 0.3) is 0 Å². The van der Waals surface area contributed by atoms with Crippen LogP contribution < -0.4 is 0 Å². The molecule has 1 saturated carbocycles. The van der Waals surface area contributed by atoms with Crippen LogP contribution in [0.3, 0.4) is 0 Å². The van der Waals surface area contributed by atoms with E-state index in [1.807, 2.05) is 0 Å². The molecule has 3 heteroatoms. The van der Waals surface area contributed by atoms with Crippen molar-refractivity contribution in [2.24, 2.45) is 11.8 Å². The van der Waals surface area contributed by atoms with Crippen LogP contribution in [0, 0.1) is 23.2 Å². The topological polar surface area (TPSA) is 53.8 Å². The van der Waals surface area contributed by atoms with Gasteiger partial charge in [0, 0.05) is 18.3 Å². The Kier molecular flexibility index (Phi) is 4.09. The molecule has 1 unspecified atom stereocenters.